The summed E-state index contributed by atoms with van der Waals surface area (Å²) >= 11 is 6.71. The van der Waals surface area contributed by atoms with Gasteiger partial charge in [0.15, 0.2) is 0 Å². The van der Waals surface area contributed by atoms with Gasteiger partial charge in [0.05, 0.1) is 4.91 Å². The molecule has 0 saturated carbocycles. The summed E-state index contributed by atoms with van der Waals surface area (Å²) in [6, 6.07) is 8.47. The summed E-state index contributed by atoms with van der Waals surface area (Å²) in [4.78, 5) is 33.0. The minimum atomic E-state index is -0.315. The van der Waals surface area contributed by atoms with Crippen molar-refractivity contribution in [2.24, 2.45) is 0 Å². The van der Waals surface area contributed by atoms with Crippen molar-refractivity contribution < 1.29 is 9.18 Å². The molecule has 37 heavy (non-hydrogen) atoms. The molecule has 0 bridgehead atoms. The van der Waals surface area contributed by atoms with Gasteiger partial charge in [-0.25, -0.2) is 4.39 Å². The first kappa shape index (κ1) is 26.9. The van der Waals surface area contributed by atoms with Crippen LogP contribution in [0.15, 0.2) is 34.0 Å². The van der Waals surface area contributed by atoms with Crippen molar-refractivity contribution in [2.45, 2.75) is 46.7 Å². The van der Waals surface area contributed by atoms with Crippen LogP contribution in [-0.2, 0) is 11.3 Å². The Morgan fingerprint density at radius 2 is 1.76 bits per heavy atom. The number of thiocarbonyl (C=S) groups is 1. The van der Waals surface area contributed by atoms with Crippen molar-refractivity contribution in [2.75, 3.05) is 36.0 Å². The third-order valence-electron chi connectivity index (χ3n) is 6.68. The maximum atomic E-state index is 13.4. The molecule has 3 heterocycles. The molecule has 2 saturated heterocycles. The number of carbonyl (C=O) groups is 1. The standard InChI is InChI=1S/C27H30FN5O2S2/c1-5-10-32-24(31-13-11-30(12-14-31)20-8-6-19(28)7-9-20)21(18(4)22(16-29)25(32)34)15-23-26(35)33(17(2)3)27(36)37-23/h6-9,15,17H,5,10-14H2,1-4H3/b23-15-. The predicted molar refractivity (Wildman–Crippen MR) is 151 cm³/mol. The number of nitriles is 1. The smallest absolute Gasteiger partial charge is 0.270 e. The van der Waals surface area contributed by atoms with Gasteiger partial charge in [0.25, 0.3) is 11.5 Å². The van der Waals surface area contributed by atoms with E-state index >= 15 is 0 Å². The summed E-state index contributed by atoms with van der Waals surface area (Å²) in [6.45, 7) is 10.7. The number of nitrogens with zero attached hydrogens (tertiary/aromatic N) is 5. The van der Waals surface area contributed by atoms with Crippen LogP contribution >= 0.6 is 24.0 Å². The number of pyridine rings is 1. The lowest BCUT2D eigenvalue weighted by Crippen LogP contribution is -2.48. The van der Waals surface area contributed by atoms with E-state index in [1.807, 2.05) is 20.8 Å². The van der Waals surface area contributed by atoms with Crippen LogP contribution in [0.1, 0.15) is 43.9 Å². The van der Waals surface area contributed by atoms with Crippen LogP contribution in [0, 0.1) is 24.1 Å². The SMILES string of the molecule is CCCn1c(N2CCN(c3ccc(F)cc3)CC2)c(/C=C2\SC(=S)N(C(C)C)C2=O)c(C)c(C#N)c1=O. The number of thioether (sulfide) groups is 1. The Hall–Kier alpha value is -3.16. The van der Waals surface area contributed by atoms with E-state index < -0.39 is 0 Å². The molecule has 0 aliphatic carbocycles. The van der Waals surface area contributed by atoms with Crippen LogP contribution in [0.3, 0.4) is 0 Å². The predicted octanol–water partition coefficient (Wildman–Crippen LogP) is 4.51. The molecule has 1 amide bonds. The fourth-order valence-corrected chi connectivity index (χ4v) is 6.31. The third kappa shape index (κ3) is 5.15. The van der Waals surface area contributed by atoms with Crippen LogP contribution in [0.25, 0.3) is 6.08 Å². The van der Waals surface area contributed by atoms with E-state index in [1.165, 1.54) is 23.9 Å². The molecule has 0 atom stereocenters. The van der Waals surface area contributed by atoms with Crippen LogP contribution in [0.2, 0.25) is 0 Å². The molecule has 4 rings (SSSR count). The third-order valence-corrected chi connectivity index (χ3v) is 8.01. The Morgan fingerprint density at radius 3 is 2.30 bits per heavy atom. The van der Waals surface area contributed by atoms with E-state index in [1.54, 1.807) is 34.6 Å². The first-order chi connectivity index (χ1) is 17.7. The number of halogens is 1. The van der Waals surface area contributed by atoms with Gasteiger partial charge in [-0.1, -0.05) is 30.9 Å². The topological polar surface area (TPSA) is 72.6 Å². The fourth-order valence-electron chi connectivity index (χ4n) is 4.80. The second kappa shape index (κ2) is 11.1. The highest BCUT2D eigenvalue weighted by atomic mass is 32.2. The number of aromatic nitrogens is 1. The molecule has 2 fully saturated rings. The van der Waals surface area contributed by atoms with Gasteiger partial charge in [0.2, 0.25) is 0 Å². The molecule has 10 heteroatoms. The number of hydrogen-bond donors (Lipinski definition) is 0. The van der Waals surface area contributed by atoms with Crippen molar-refractivity contribution in [1.29, 1.82) is 5.26 Å². The van der Waals surface area contributed by atoms with Gasteiger partial charge in [0.1, 0.15) is 27.6 Å². The van der Waals surface area contributed by atoms with Crippen LogP contribution in [-0.4, -0.2) is 51.9 Å². The van der Waals surface area contributed by atoms with E-state index in [0.29, 0.717) is 59.5 Å². The number of benzene rings is 1. The minimum absolute atomic E-state index is 0.0674. The largest absolute Gasteiger partial charge is 0.368 e. The second-order valence-corrected chi connectivity index (χ2v) is 11.1. The number of rotatable bonds is 6. The summed E-state index contributed by atoms with van der Waals surface area (Å²) in [5.74, 6) is 0.284. The first-order valence-corrected chi connectivity index (χ1v) is 13.6. The summed E-state index contributed by atoms with van der Waals surface area (Å²) in [5.41, 5.74) is 1.98. The minimum Gasteiger partial charge on any atom is -0.368 e. The van der Waals surface area contributed by atoms with Crippen LogP contribution in [0.5, 0.6) is 0 Å². The quantitative estimate of drug-likeness (QED) is 0.395. The average Bonchev–Trinajstić information content (AvgIpc) is 3.16. The lowest BCUT2D eigenvalue weighted by molar-refractivity contribution is -0.123. The summed E-state index contributed by atoms with van der Waals surface area (Å²) in [7, 11) is 0. The van der Waals surface area contributed by atoms with Crippen LogP contribution in [0.4, 0.5) is 15.9 Å². The van der Waals surface area contributed by atoms with Gasteiger partial charge in [-0.05, 0) is 63.1 Å². The number of anilines is 2. The molecule has 0 unspecified atom stereocenters. The molecule has 2 aliphatic heterocycles. The molecule has 1 aromatic carbocycles. The molecule has 2 aromatic rings. The van der Waals surface area contributed by atoms with Crippen molar-refractivity contribution in [3.63, 3.8) is 0 Å². The Balaban J connectivity index is 1.79. The zero-order valence-corrected chi connectivity index (χ0v) is 23.1. The monoisotopic (exact) mass is 539 g/mol. The first-order valence-electron chi connectivity index (χ1n) is 12.4. The number of hydrogen-bond acceptors (Lipinski definition) is 7. The highest BCUT2D eigenvalue weighted by Crippen LogP contribution is 2.37. The Morgan fingerprint density at radius 1 is 1.14 bits per heavy atom. The van der Waals surface area contributed by atoms with E-state index in [4.69, 9.17) is 12.2 Å². The molecule has 1 aromatic heterocycles. The van der Waals surface area contributed by atoms with E-state index in [9.17, 15) is 19.2 Å². The number of carbonyl (C=O) groups excluding carboxylic acids is 1. The highest BCUT2D eigenvalue weighted by Gasteiger charge is 2.35. The molecular weight excluding hydrogens is 509 g/mol. The van der Waals surface area contributed by atoms with Crippen molar-refractivity contribution in [1.82, 2.24) is 9.47 Å². The second-order valence-electron chi connectivity index (χ2n) is 9.40. The Labute approximate surface area is 226 Å². The van der Waals surface area contributed by atoms with Crippen LogP contribution < -0.4 is 15.4 Å². The van der Waals surface area contributed by atoms with Gasteiger partial charge in [-0.15, -0.1) is 0 Å². The van der Waals surface area contributed by atoms with Gasteiger partial charge in [0, 0.05) is 50.0 Å². The molecule has 0 radical (unpaired) electrons. The zero-order valence-electron chi connectivity index (χ0n) is 21.5. The molecule has 0 spiro atoms. The molecule has 194 valence electrons. The van der Waals surface area contributed by atoms with E-state index in [2.05, 4.69) is 15.9 Å². The molecule has 2 aliphatic rings. The van der Waals surface area contributed by atoms with Gasteiger partial charge < -0.3 is 9.80 Å². The summed E-state index contributed by atoms with van der Waals surface area (Å²) < 4.78 is 15.6. The number of amides is 1. The lowest BCUT2D eigenvalue weighted by Gasteiger charge is -2.39. The average molecular weight is 540 g/mol. The maximum Gasteiger partial charge on any atom is 0.270 e. The molecule has 7 nitrogen and oxygen atoms in total. The van der Waals surface area contributed by atoms with Crippen molar-refractivity contribution in [3.05, 3.63) is 62.0 Å². The summed E-state index contributed by atoms with van der Waals surface area (Å²) in [6.07, 6.45) is 2.51. The van der Waals surface area contributed by atoms with Gasteiger partial charge >= 0.3 is 0 Å². The normalized spacial score (nSPS) is 17.3. The van der Waals surface area contributed by atoms with Crippen molar-refractivity contribution >= 4 is 51.8 Å². The fraction of sp³-hybridized carbons (Fsp3) is 0.407. The number of piperazine rings is 1. The van der Waals surface area contributed by atoms with E-state index in [-0.39, 0.29) is 28.9 Å². The zero-order chi connectivity index (χ0) is 26.9. The van der Waals surface area contributed by atoms with Gasteiger partial charge in [-0.2, -0.15) is 5.26 Å². The van der Waals surface area contributed by atoms with Gasteiger partial charge in [-0.3, -0.25) is 19.1 Å². The molecule has 0 N–H and O–H groups in total. The summed E-state index contributed by atoms with van der Waals surface area (Å²) in [5, 5.41) is 9.84. The molecular formula is C27H30FN5O2S2. The maximum absolute atomic E-state index is 13.4. The highest BCUT2D eigenvalue weighted by molar-refractivity contribution is 8.26. The lowest BCUT2D eigenvalue weighted by atomic mass is 10.0. The van der Waals surface area contributed by atoms with Crippen molar-refractivity contribution in [3.8, 4) is 6.07 Å². The Kier molecular flexibility index (Phi) is 8.05. The van der Waals surface area contributed by atoms with E-state index in [0.717, 1.165) is 11.5 Å². The Bertz CT molecular complexity index is 1350.